The van der Waals surface area contributed by atoms with E-state index in [2.05, 4.69) is 29.8 Å². The highest BCUT2D eigenvalue weighted by atomic mass is 79.9. The van der Waals surface area contributed by atoms with E-state index in [1.807, 2.05) is 19.9 Å². The Morgan fingerprint density at radius 2 is 1.09 bits per heavy atom. The number of hydrogen-bond acceptors (Lipinski definition) is 0. The molecule has 0 radical (unpaired) electrons. The summed E-state index contributed by atoms with van der Waals surface area (Å²) in [4.78, 5) is 0. The van der Waals surface area contributed by atoms with E-state index in [1.54, 1.807) is 12.1 Å². The maximum absolute atomic E-state index is 9.29. The summed E-state index contributed by atoms with van der Waals surface area (Å²) in [5.74, 6) is 0. The highest BCUT2D eigenvalue weighted by Crippen LogP contribution is 2.45. The van der Waals surface area contributed by atoms with Crippen molar-refractivity contribution >= 4 is 44.8 Å². The molecule has 0 nitrogen and oxygen atoms in total. The van der Waals surface area contributed by atoms with E-state index in [9.17, 15) is 8.22 Å². The average Bonchev–Trinajstić information content (AvgIpc) is 3.04. The molecular formula is C32H33BrSi. The maximum atomic E-state index is 9.29. The predicted octanol–water partition coefficient (Wildman–Crippen LogP) is 6.18. The molecule has 2 heteroatoms. The molecule has 0 heterocycles. The minimum absolute atomic E-state index is 0.181. The molecule has 1 aliphatic rings. The van der Waals surface area contributed by atoms with E-state index < -0.39 is 108 Å². The van der Waals surface area contributed by atoms with E-state index >= 15 is 0 Å². The lowest BCUT2D eigenvalue weighted by molar-refractivity contribution is 0.332. The molecule has 0 atom stereocenters. The first-order chi connectivity index (χ1) is 22.1. The number of hydrogen-bond donors (Lipinski definition) is 0. The Hall–Kier alpha value is -2.42. The molecule has 0 saturated carbocycles. The number of fused-ring (bicyclic) bond motifs is 1. The van der Waals surface area contributed by atoms with Crippen molar-refractivity contribution in [1.29, 1.82) is 0 Å². The van der Waals surface area contributed by atoms with Gasteiger partial charge in [-0.25, -0.2) is 0 Å². The number of rotatable bonds is 4. The van der Waals surface area contributed by atoms with Crippen LogP contribution in [0.3, 0.4) is 0 Å². The van der Waals surface area contributed by atoms with Crippen molar-refractivity contribution in [3.63, 3.8) is 0 Å². The van der Waals surface area contributed by atoms with Gasteiger partial charge in [-0.15, -0.1) is 0 Å². The zero-order valence-corrected chi connectivity index (χ0v) is 22.1. The molecule has 5 rings (SSSR count). The molecule has 0 aliphatic heterocycles. The summed E-state index contributed by atoms with van der Waals surface area (Å²) in [5, 5.41) is -1.04. The van der Waals surface area contributed by atoms with E-state index in [4.69, 9.17) is 11.0 Å². The van der Waals surface area contributed by atoms with Gasteiger partial charge in [-0.1, -0.05) is 134 Å². The van der Waals surface area contributed by atoms with Crippen LogP contribution in [0.25, 0.3) is 0 Å². The fraction of sp³-hybridized carbons (Fsp3) is 0.250. The Bertz CT molecular complexity index is 1800. The zero-order valence-electron chi connectivity index (χ0n) is 33.5. The van der Waals surface area contributed by atoms with Crippen LogP contribution in [-0.4, -0.2) is 8.07 Å². The second-order valence-electron chi connectivity index (χ2n) is 9.97. The smallest absolute Gasteiger partial charge is 0.0623 e. The molecule has 4 aromatic rings. The van der Waals surface area contributed by atoms with Crippen molar-refractivity contribution in [3.8, 4) is 0 Å². The summed E-state index contributed by atoms with van der Waals surface area (Å²) in [6, 6.07) is -4.37. The topological polar surface area (TPSA) is 0 Å². The highest BCUT2D eigenvalue weighted by Gasteiger charge is 2.44. The molecule has 0 spiro atoms. The molecular weight excluding hydrogens is 492 g/mol. The predicted molar refractivity (Wildman–Crippen MR) is 153 cm³/mol. The van der Waals surface area contributed by atoms with Gasteiger partial charge in [-0.05, 0) is 67.6 Å². The second-order valence-corrected chi connectivity index (χ2v) is 14.3. The molecule has 34 heavy (non-hydrogen) atoms. The molecule has 0 bridgehead atoms. The standard InChI is InChI=1S/C32H33BrSi/c1-31(2)21-22-32(3,4)30-23-28(19-20-29(30)31)34(25-11-7-5-8-12-25,26-13-9-6-10-14-26)27-17-15-24(33)16-18-27/h5-20,23H,21-22H2,1-4H3/i5D,6D,7D,8D,9D,10D,11D,12D,13D,14D,15D,16D,17D,18D. The third-order valence-corrected chi connectivity index (χ3v) is 11.6. The fourth-order valence-corrected chi connectivity index (χ4v) is 9.00. The van der Waals surface area contributed by atoms with Gasteiger partial charge < -0.3 is 0 Å². The lowest BCUT2D eigenvalue weighted by Gasteiger charge is -2.43. The average molecular weight is 540 g/mol. The van der Waals surface area contributed by atoms with Crippen LogP contribution < -0.4 is 20.7 Å². The minimum Gasteiger partial charge on any atom is -0.0623 e. The Morgan fingerprint density at radius 3 is 1.62 bits per heavy atom. The quantitative estimate of drug-likeness (QED) is 0.215. The van der Waals surface area contributed by atoms with Crippen LogP contribution in [0.5, 0.6) is 0 Å². The van der Waals surface area contributed by atoms with Gasteiger partial charge in [-0.3, -0.25) is 0 Å². The van der Waals surface area contributed by atoms with Crippen LogP contribution in [0.1, 0.15) is 70.9 Å². The Morgan fingerprint density at radius 1 is 0.618 bits per heavy atom. The van der Waals surface area contributed by atoms with Gasteiger partial charge in [0.2, 0.25) is 0 Å². The van der Waals surface area contributed by atoms with Crippen LogP contribution in [0.2, 0.25) is 0 Å². The fourth-order valence-electron chi connectivity index (χ4n) is 4.99. The molecule has 1 aliphatic carbocycles. The van der Waals surface area contributed by atoms with Crippen molar-refractivity contribution in [2.24, 2.45) is 0 Å². The second kappa shape index (κ2) is 8.66. The van der Waals surface area contributed by atoms with Crippen molar-refractivity contribution < 1.29 is 19.2 Å². The maximum Gasteiger partial charge on any atom is 0.179 e. The summed E-state index contributed by atoms with van der Waals surface area (Å²) < 4.78 is 124. The number of benzene rings is 4. The normalized spacial score (nSPS) is 22.4. The minimum atomic E-state index is -5.03. The van der Waals surface area contributed by atoms with Crippen molar-refractivity contribution in [2.75, 3.05) is 0 Å². The van der Waals surface area contributed by atoms with Crippen molar-refractivity contribution in [3.05, 3.63) is 118 Å². The van der Waals surface area contributed by atoms with E-state index in [-0.39, 0.29) is 20.3 Å². The van der Waals surface area contributed by atoms with Gasteiger partial charge in [-0.2, -0.15) is 0 Å². The monoisotopic (exact) mass is 538 g/mol. The van der Waals surface area contributed by atoms with Crippen LogP contribution >= 0.6 is 15.9 Å². The summed E-state index contributed by atoms with van der Waals surface area (Å²) in [7, 11) is -5.03. The van der Waals surface area contributed by atoms with Gasteiger partial charge in [0, 0.05) is 4.47 Å². The molecule has 0 amide bonds. The zero-order chi connectivity index (χ0) is 36.2. The largest absolute Gasteiger partial charge is 0.179 e. The Balaban J connectivity index is 2.25. The van der Waals surface area contributed by atoms with Gasteiger partial charge in [0.25, 0.3) is 0 Å². The molecule has 0 N–H and O–H groups in total. The van der Waals surface area contributed by atoms with Gasteiger partial charge in [0.1, 0.15) is 0 Å². The van der Waals surface area contributed by atoms with Gasteiger partial charge >= 0.3 is 0 Å². The van der Waals surface area contributed by atoms with Crippen LogP contribution in [-0.2, 0) is 10.8 Å². The molecule has 0 saturated heterocycles. The lowest BCUT2D eigenvalue weighted by Crippen LogP contribution is -2.74. The highest BCUT2D eigenvalue weighted by molar-refractivity contribution is 9.10. The molecule has 4 aromatic carbocycles. The van der Waals surface area contributed by atoms with Crippen molar-refractivity contribution in [2.45, 2.75) is 51.4 Å². The first-order valence-corrected chi connectivity index (χ1v) is 13.9. The third-order valence-electron chi connectivity index (χ3n) is 7.01. The lowest BCUT2D eigenvalue weighted by atomic mass is 9.63. The van der Waals surface area contributed by atoms with Gasteiger partial charge in [0.05, 0.1) is 19.2 Å². The summed E-state index contributed by atoms with van der Waals surface area (Å²) in [5.41, 5.74) is 1.07. The molecule has 0 fully saturated rings. The number of halogens is 1. The molecule has 0 aromatic heterocycles. The third kappa shape index (κ3) is 3.81. The van der Waals surface area contributed by atoms with E-state index in [0.717, 1.165) is 24.0 Å². The van der Waals surface area contributed by atoms with Crippen LogP contribution in [0.15, 0.2) is 107 Å². The first kappa shape index (κ1) is 12.0. The summed E-state index contributed by atoms with van der Waals surface area (Å²) >= 11 is 3.13. The first-order valence-electron chi connectivity index (χ1n) is 18.1. The SMILES string of the molecule is [2H]c1c([2H])c([2H])c([Si](c2ccc3c(c2)C(C)(C)CCC3(C)C)(c2c([2H])c([2H])c([2H])c([2H])c2[2H])c2c([2H])c([2H])c(Br)c([2H])c2[2H])c([2H])c1[2H]. The van der Waals surface area contributed by atoms with Gasteiger partial charge in [0.15, 0.2) is 8.07 Å². The van der Waals surface area contributed by atoms with E-state index in [0.29, 0.717) is 0 Å². The Labute approximate surface area is 233 Å². The Kier molecular flexibility index (Phi) is 3.06. The van der Waals surface area contributed by atoms with E-state index in [1.165, 1.54) is 0 Å². The molecule has 0 unspecified atom stereocenters. The molecule has 172 valence electrons. The summed E-state index contributed by atoms with van der Waals surface area (Å²) in [6.45, 7) is 8.26. The summed E-state index contributed by atoms with van der Waals surface area (Å²) in [6.07, 6.45) is 1.61. The van der Waals surface area contributed by atoms with Crippen LogP contribution in [0.4, 0.5) is 0 Å². The van der Waals surface area contributed by atoms with Crippen molar-refractivity contribution in [1.82, 2.24) is 0 Å². The van der Waals surface area contributed by atoms with Crippen LogP contribution in [0, 0.1) is 0 Å².